The van der Waals surface area contributed by atoms with Gasteiger partial charge in [-0.2, -0.15) is 5.26 Å². The van der Waals surface area contributed by atoms with Crippen LogP contribution in [-0.4, -0.2) is 60.9 Å². The maximum Gasteiger partial charge on any atom is 0.253 e. The van der Waals surface area contributed by atoms with E-state index in [1.807, 2.05) is 4.90 Å². The molecule has 1 aromatic rings. The Bertz CT molecular complexity index is 643. The molecule has 0 unspecified atom stereocenters. The van der Waals surface area contributed by atoms with Crippen molar-refractivity contribution >= 4 is 11.8 Å². The first kappa shape index (κ1) is 19.9. The van der Waals surface area contributed by atoms with Gasteiger partial charge in [-0.1, -0.05) is 13.8 Å². The number of carbonyl (C=O) groups is 2. The standard InChI is InChI=1S/C20H28N4O2/c1-16(2)7-11-24(12-8-19(25)23-13-9-22-10-14-23)20(26)18-5-3-17(15-21)4-6-18/h3-6,16,22H,7-14H2,1-2H3. The first-order chi connectivity index (χ1) is 12.5. The molecule has 1 fully saturated rings. The van der Waals surface area contributed by atoms with Crippen molar-refractivity contribution in [3.05, 3.63) is 35.4 Å². The van der Waals surface area contributed by atoms with E-state index >= 15 is 0 Å². The maximum atomic E-state index is 12.9. The Kier molecular flexibility index (Phi) is 7.61. The zero-order chi connectivity index (χ0) is 18.9. The van der Waals surface area contributed by atoms with Crippen molar-refractivity contribution in [2.45, 2.75) is 26.7 Å². The molecule has 1 saturated heterocycles. The van der Waals surface area contributed by atoms with Crippen molar-refractivity contribution in [2.24, 2.45) is 5.92 Å². The van der Waals surface area contributed by atoms with E-state index in [1.54, 1.807) is 29.2 Å². The maximum absolute atomic E-state index is 12.9. The third-order valence-electron chi connectivity index (χ3n) is 4.59. The average Bonchev–Trinajstić information content (AvgIpc) is 2.68. The number of nitrogens with one attached hydrogen (secondary N) is 1. The minimum atomic E-state index is -0.0803. The van der Waals surface area contributed by atoms with Gasteiger partial charge in [-0.3, -0.25) is 9.59 Å². The van der Waals surface area contributed by atoms with Crippen LogP contribution in [0.1, 0.15) is 42.6 Å². The second kappa shape index (κ2) is 9.93. The summed E-state index contributed by atoms with van der Waals surface area (Å²) in [6.07, 6.45) is 1.24. The van der Waals surface area contributed by atoms with Crippen LogP contribution in [0.2, 0.25) is 0 Å². The molecular formula is C20H28N4O2. The third kappa shape index (κ3) is 5.85. The van der Waals surface area contributed by atoms with E-state index in [0.717, 1.165) is 32.6 Å². The SMILES string of the molecule is CC(C)CCN(CCC(=O)N1CCNCC1)C(=O)c1ccc(C#N)cc1. The lowest BCUT2D eigenvalue weighted by atomic mass is 10.1. The summed E-state index contributed by atoms with van der Waals surface area (Å²) in [4.78, 5) is 28.9. The average molecular weight is 356 g/mol. The predicted molar refractivity (Wildman–Crippen MR) is 101 cm³/mol. The molecule has 0 aromatic heterocycles. The number of nitriles is 1. The van der Waals surface area contributed by atoms with Gasteiger partial charge in [0.1, 0.15) is 0 Å². The monoisotopic (exact) mass is 356 g/mol. The fourth-order valence-electron chi connectivity index (χ4n) is 2.90. The second-order valence-electron chi connectivity index (χ2n) is 7.04. The van der Waals surface area contributed by atoms with E-state index < -0.39 is 0 Å². The lowest BCUT2D eigenvalue weighted by Gasteiger charge is -2.29. The number of hydrogen-bond donors (Lipinski definition) is 1. The molecule has 1 aliphatic rings. The Balaban J connectivity index is 2.00. The molecule has 0 atom stereocenters. The summed E-state index contributed by atoms with van der Waals surface area (Å²) in [7, 11) is 0. The third-order valence-corrected chi connectivity index (χ3v) is 4.59. The normalized spacial score (nSPS) is 14.2. The summed E-state index contributed by atoms with van der Waals surface area (Å²) in [5.41, 5.74) is 1.09. The summed E-state index contributed by atoms with van der Waals surface area (Å²) < 4.78 is 0. The van der Waals surface area contributed by atoms with Gasteiger partial charge in [0.05, 0.1) is 11.6 Å². The van der Waals surface area contributed by atoms with Gasteiger partial charge in [0.2, 0.25) is 5.91 Å². The molecule has 2 rings (SSSR count). The van der Waals surface area contributed by atoms with Crippen LogP contribution in [0.3, 0.4) is 0 Å². The van der Waals surface area contributed by atoms with Crippen molar-refractivity contribution in [1.29, 1.82) is 5.26 Å². The van der Waals surface area contributed by atoms with Crippen LogP contribution in [0.25, 0.3) is 0 Å². The number of carbonyl (C=O) groups excluding carboxylic acids is 2. The summed E-state index contributed by atoms with van der Waals surface area (Å²) in [6.45, 7) is 8.41. The Morgan fingerprint density at radius 3 is 2.42 bits per heavy atom. The van der Waals surface area contributed by atoms with Crippen LogP contribution in [0.4, 0.5) is 0 Å². The zero-order valence-corrected chi connectivity index (χ0v) is 15.7. The highest BCUT2D eigenvalue weighted by molar-refractivity contribution is 5.94. The van der Waals surface area contributed by atoms with Gasteiger partial charge in [-0.25, -0.2) is 0 Å². The van der Waals surface area contributed by atoms with E-state index in [0.29, 0.717) is 36.6 Å². The van der Waals surface area contributed by atoms with Gasteiger partial charge in [-0.05, 0) is 36.6 Å². The van der Waals surface area contributed by atoms with Gasteiger partial charge in [-0.15, -0.1) is 0 Å². The molecule has 0 saturated carbocycles. The van der Waals surface area contributed by atoms with Crippen LogP contribution >= 0.6 is 0 Å². The number of amides is 2. The predicted octanol–water partition coefficient (Wildman–Crippen LogP) is 1.87. The fraction of sp³-hybridized carbons (Fsp3) is 0.550. The van der Waals surface area contributed by atoms with Crippen molar-refractivity contribution in [2.75, 3.05) is 39.3 Å². The van der Waals surface area contributed by atoms with E-state index in [4.69, 9.17) is 5.26 Å². The summed E-state index contributed by atoms with van der Waals surface area (Å²) >= 11 is 0. The van der Waals surface area contributed by atoms with Crippen molar-refractivity contribution in [3.8, 4) is 6.07 Å². The molecular weight excluding hydrogens is 328 g/mol. The summed E-state index contributed by atoms with van der Waals surface area (Å²) in [5, 5.41) is 12.1. The summed E-state index contributed by atoms with van der Waals surface area (Å²) in [6, 6.07) is 8.73. The van der Waals surface area contributed by atoms with Crippen molar-refractivity contribution in [3.63, 3.8) is 0 Å². The first-order valence-corrected chi connectivity index (χ1v) is 9.29. The number of hydrogen-bond acceptors (Lipinski definition) is 4. The van der Waals surface area contributed by atoms with Gasteiger partial charge in [0.15, 0.2) is 0 Å². The first-order valence-electron chi connectivity index (χ1n) is 9.29. The van der Waals surface area contributed by atoms with Gasteiger partial charge >= 0.3 is 0 Å². The largest absolute Gasteiger partial charge is 0.340 e. The molecule has 0 spiro atoms. The molecule has 1 N–H and O–H groups in total. The molecule has 6 heteroatoms. The van der Waals surface area contributed by atoms with Crippen LogP contribution < -0.4 is 5.32 Å². The van der Waals surface area contributed by atoms with E-state index in [-0.39, 0.29) is 11.8 Å². The molecule has 26 heavy (non-hydrogen) atoms. The Morgan fingerprint density at radius 2 is 1.85 bits per heavy atom. The molecule has 6 nitrogen and oxygen atoms in total. The molecule has 0 bridgehead atoms. The van der Waals surface area contributed by atoms with E-state index in [9.17, 15) is 9.59 Å². The highest BCUT2D eigenvalue weighted by Crippen LogP contribution is 2.11. The number of benzene rings is 1. The lowest BCUT2D eigenvalue weighted by Crippen LogP contribution is -2.47. The van der Waals surface area contributed by atoms with Gasteiger partial charge in [0.25, 0.3) is 5.91 Å². The number of piperazine rings is 1. The molecule has 140 valence electrons. The molecule has 2 amide bonds. The zero-order valence-electron chi connectivity index (χ0n) is 15.7. The lowest BCUT2D eigenvalue weighted by molar-refractivity contribution is -0.131. The summed E-state index contributed by atoms with van der Waals surface area (Å²) in [5.74, 6) is 0.507. The highest BCUT2D eigenvalue weighted by Gasteiger charge is 2.20. The van der Waals surface area contributed by atoms with Crippen molar-refractivity contribution < 1.29 is 9.59 Å². The molecule has 1 aromatic carbocycles. The molecule has 0 radical (unpaired) electrons. The number of nitrogens with zero attached hydrogens (tertiary/aromatic N) is 3. The minimum Gasteiger partial charge on any atom is -0.340 e. The van der Waals surface area contributed by atoms with E-state index in [1.165, 1.54) is 0 Å². The molecule has 1 aliphatic heterocycles. The Morgan fingerprint density at radius 1 is 1.19 bits per heavy atom. The van der Waals surface area contributed by atoms with Crippen molar-refractivity contribution in [1.82, 2.24) is 15.1 Å². The molecule has 1 heterocycles. The van der Waals surface area contributed by atoms with Crippen LogP contribution in [0.15, 0.2) is 24.3 Å². The number of rotatable bonds is 7. The second-order valence-corrected chi connectivity index (χ2v) is 7.04. The quantitative estimate of drug-likeness (QED) is 0.809. The van der Waals surface area contributed by atoms with E-state index in [2.05, 4.69) is 25.2 Å². The topological polar surface area (TPSA) is 76.4 Å². The minimum absolute atomic E-state index is 0.0803. The van der Waals surface area contributed by atoms with Crippen LogP contribution in [0, 0.1) is 17.2 Å². The van der Waals surface area contributed by atoms with Gasteiger partial charge in [0, 0.05) is 51.3 Å². The fourth-order valence-corrected chi connectivity index (χ4v) is 2.90. The van der Waals surface area contributed by atoms with Crippen LogP contribution in [0.5, 0.6) is 0 Å². The highest BCUT2D eigenvalue weighted by atomic mass is 16.2. The van der Waals surface area contributed by atoms with Gasteiger partial charge < -0.3 is 15.1 Å². The smallest absolute Gasteiger partial charge is 0.253 e. The Labute approximate surface area is 155 Å². The Hall–Kier alpha value is -2.39. The molecule has 0 aliphatic carbocycles. The van der Waals surface area contributed by atoms with Crippen LogP contribution in [-0.2, 0) is 4.79 Å².